The fourth-order valence-electron chi connectivity index (χ4n) is 3.13. The summed E-state index contributed by atoms with van der Waals surface area (Å²) in [4.78, 5) is 12.3. The number of benzene rings is 2. The van der Waals surface area contributed by atoms with E-state index in [0.717, 1.165) is 28.0 Å². The molecule has 0 aliphatic heterocycles. The van der Waals surface area contributed by atoms with Crippen molar-refractivity contribution in [3.05, 3.63) is 84.0 Å². The molecule has 3 nitrogen and oxygen atoms in total. The smallest absolute Gasteiger partial charge is 0.180 e. The minimum atomic E-state index is -0.169. The molecule has 0 saturated heterocycles. The monoisotopic (exact) mass is 332 g/mol. The lowest BCUT2D eigenvalue weighted by atomic mass is 9.99. The van der Waals surface area contributed by atoms with Crippen LogP contribution in [0.25, 0.3) is 11.1 Å². The number of methoxy groups -OCH3 is 1. The van der Waals surface area contributed by atoms with Gasteiger partial charge in [-0.1, -0.05) is 42.0 Å². The molecule has 0 saturated carbocycles. The highest BCUT2D eigenvalue weighted by Gasteiger charge is 2.18. The Morgan fingerprint density at radius 3 is 2.24 bits per heavy atom. The number of hydrogen-bond acceptors (Lipinski definition) is 2. The molecule has 25 heavy (non-hydrogen) atoms. The van der Waals surface area contributed by atoms with E-state index in [2.05, 4.69) is 38.1 Å². The first kappa shape index (κ1) is 17.0. The van der Waals surface area contributed by atoms with Gasteiger partial charge in [-0.05, 0) is 42.7 Å². The van der Waals surface area contributed by atoms with Crippen LogP contribution in [0.15, 0.2) is 54.7 Å². The van der Waals surface area contributed by atoms with Gasteiger partial charge < -0.3 is 9.30 Å². The van der Waals surface area contributed by atoms with Gasteiger partial charge in [-0.15, -0.1) is 0 Å². The molecule has 0 fully saturated rings. The molecule has 1 heterocycles. The summed E-state index contributed by atoms with van der Waals surface area (Å²) >= 11 is 0. The van der Waals surface area contributed by atoms with Crippen LogP contribution >= 0.6 is 0 Å². The maximum absolute atomic E-state index is 12.3. The van der Waals surface area contributed by atoms with E-state index >= 15 is 0 Å². The summed E-state index contributed by atoms with van der Waals surface area (Å²) in [7, 11) is 1.65. The SMILES string of the molecule is [CH2]C(=O)c1c(-c2ccc(C)cc2)c(C)cn1Cc1ccc(OC)cc1. The summed E-state index contributed by atoms with van der Waals surface area (Å²) in [6, 6.07) is 16.1. The molecule has 3 heteroatoms. The Morgan fingerprint density at radius 2 is 1.68 bits per heavy atom. The molecule has 0 aliphatic rings. The Bertz CT molecular complexity index is 887. The van der Waals surface area contributed by atoms with Crippen molar-refractivity contribution >= 4 is 5.78 Å². The molecule has 3 aromatic rings. The van der Waals surface area contributed by atoms with E-state index in [1.807, 2.05) is 42.0 Å². The predicted molar refractivity (Wildman–Crippen MR) is 101 cm³/mol. The van der Waals surface area contributed by atoms with Crippen LogP contribution in [-0.2, 0) is 6.54 Å². The first-order valence-electron chi connectivity index (χ1n) is 8.25. The van der Waals surface area contributed by atoms with E-state index in [1.54, 1.807) is 7.11 Å². The predicted octanol–water partition coefficient (Wildman–Crippen LogP) is 4.85. The number of aromatic nitrogens is 1. The van der Waals surface area contributed by atoms with Gasteiger partial charge in [0.25, 0.3) is 0 Å². The fraction of sp³-hybridized carbons (Fsp3) is 0.182. The summed E-state index contributed by atoms with van der Waals surface area (Å²) < 4.78 is 7.19. The molecule has 0 spiro atoms. The zero-order valence-electron chi connectivity index (χ0n) is 14.9. The molecular weight excluding hydrogens is 310 g/mol. The van der Waals surface area contributed by atoms with Gasteiger partial charge in [0.15, 0.2) is 5.78 Å². The quantitative estimate of drug-likeness (QED) is 0.626. The maximum Gasteiger partial charge on any atom is 0.180 e. The second-order valence-corrected chi connectivity index (χ2v) is 6.30. The summed E-state index contributed by atoms with van der Waals surface area (Å²) in [6.07, 6.45) is 2.03. The fourth-order valence-corrected chi connectivity index (χ4v) is 3.13. The van der Waals surface area contributed by atoms with E-state index in [1.165, 1.54) is 5.56 Å². The number of rotatable bonds is 5. The summed E-state index contributed by atoms with van der Waals surface area (Å²) in [5.74, 6) is 0.651. The molecule has 2 aromatic carbocycles. The second kappa shape index (κ2) is 6.98. The summed E-state index contributed by atoms with van der Waals surface area (Å²) in [5, 5.41) is 0. The van der Waals surface area contributed by atoms with Crippen LogP contribution in [0.3, 0.4) is 0 Å². The van der Waals surface area contributed by atoms with Crippen molar-refractivity contribution in [2.24, 2.45) is 0 Å². The van der Waals surface area contributed by atoms with Crippen molar-refractivity contribution in [1.82, 2.24) is 4.57 Å². The normalized spacial score (nSPS) is 10.7. The zero-order valence-corrected chi connectivity index (χ0v) is 14.9. The lowest BCUT2D eigenvalue weighted by Crippen LogP contribution is -2.08. The van der Waals surface area contributed by atoms with Gasteiger partial charge >= 0.3 is 0 Å². The Balaban J connectivity index is 2.03. The van der Waals surface area contributed by atoms with Crippen molar-refractivity contribution in [3.8, 4) is 16.9 Å². The van der Waals surface area contributed by atoms with Gasteiger partial charge in [0.2, 0.25) is 0 Å². The molecule has 0 bridgehead atoms. The first-order valence-corrected chi connectivity index (χ1v) is 8.25. The highest BCUT2D eigenvalue weighted by Crippen LogP contribution is 2.30. The topological polar surface area (TPSA) is 31.2 Å². The highest BCUT2D eigenvalue weighted by molar-refractivity contribution is 6.04. The molecule has 1 aromatic heterocycles. The van der Waals surface area contributed by atoms with E-state index < -0.39 is 0 Å². The van der Waals surface area contributed by atoms with Gasteiger partial charge in [-0.3, -0.25) is 4.79 Å². The van der Waals surface area contributed by atoms with Crippen molar-refractivity contribution < 1.29 is 9.53 Å². The van der Waals surface area contributed by atoms with Crippen molar-refractivity contribution in [2.45, 2.75) is 20.4 Å². The van der Waals surface area contributed by atoms with E-state index in [0.29, 0.717) is 12.2 Å². The number of nitrogens with zero attached hydrogens (tertiary/aromatic N) is 1. The maximum atomic E-state index is 12.3. The lowest BCUT2D eigenvalue weighted by Gasteiger charge is -2.10. The minimum Gasteiger partial charge on any atom is -0.497 e. The van der Waals surface area contributed by atoms with E-state index in [9.17, 15) is 4.79 Å². The van der Waals surface area contributed by atoms with Crippen molar-refractivity contribution in [2.75, 3.05) is 7.11 Å². The van der Waals surface area contributed by atoms with Crippen LogP contribution in [0, 0.1) is 20.8 Å². The molecule has 0 aliphatic carbocycles. The Kier molecular flexibility index (Phi) is 4.75. The Labute approximate surface area is 148 Å². The number of carbonyl (C=O) groups excluding carboxylic acids is 1. The van der Waals surface area contributed by atoms with Crippen molar-refractivity contribution in [1.29, 1.82) is 0 Å². The number of hydrogen-bond donors (Lipinski definition) is 0. The van der Waals surface area contributed by atoms with E-state index in [-0.39, 0.29) is 5.78 Å². The summed E-state index contributed by atoms with van der Waals surface area (Å²) in [6.45, 7) is 8.38. The van der Waals surface area contributed by atoms with Gasteiger partial charge in [0.1, 0.15) is 5.75 Å². The number of carbonyl (C=O) groups is 1. The molecule has 0 unspecified atom stereocenters. The number of aryl methyl sites for hydroxylation is 2. The van der Waals surface area contributed by atoms with Crippen LogP contribution in [0.2, 0.25) is 0 Å². The largest absolute Gasteiger partial charge is 0.497 e. The van der Waals surface area contributed by atoms with Crippen LogP contribution in [0.5, 0.6) is 5.75 Å². The summed E-state index contributed by atoms with van der Waals surface area (Å²) in [5.41, 5.74) is 6.04. The van der Waals surface area contributed by atoms with Gasteiger partial charge in [-0.2, -0.15) is 0 Å². The Hall–Kier alpha value is -2.81. The molecular formula is C22H22NO2. The zero-order chi connectivity index (χ0) is 18.0. The third-order valence-electron chi connectivity index (χ3n) is 4.38. The second-order valence-electron chi connectivity index (χ2n) is 6.30. The molecule has 1 radical (unpaired) electrons. The third-order valence-corrected chi connectivity index (χ3v) is 4.38. The van der Waals surface area contributed by atoms with Crippen LogP contribution in [0.1, 0.15) is 27.2 Å². The Morgan fingerprint density at radius 1 is 1.04 bits per heavy atom. The van der Waals surface area contributed by atoms with Gasteiger partial charge in [-0.25, -0.2) is 0 Å². The lowest BCUT2D eigenvalue weighted by molar-refractivity contribution is 0.103. The molecule has 0 N–H and O–H groups in total. The number of ether oxygens (including phenoxy) is 1. The van der Waals surface area contributed by atoms with E-state index in [4.69, 9.17) is 4.74 Å². The van der Waals surface area contributed by atoms with Gasteiger partial charge in [0.05, 0.1) is 12.8 Å². The molecule has 0 amide bonds. The average molecular weight is 332 g/mol. The molecule has 3 rings (SSSR count). The minimum absolute atomic E-state index is 0.169. The first-order chi connectivity index (χ1) is 12.0. The number of Topliss-reactive ketones (excluding diaryl/α,β-unsaturated/α-hetero) is 1. The van der Waals surface area contributed by atoms with Crippen LogP contribution in [-0.4, -0.2) is 17.5 Å². The molecule has 0 atom stereocenters. The average Bonchev–Trinajstić information content (AvgIpc) is 2.92. The van der Waals surface area contributed by atoms with Gasteiger partial charge in [0, 0.05) is 25.2 Å². The van der Waals surface area contributed by atoms with Crippen LogP contribution in [0.4, 0.5) is 0 Å². The third kappa shape index (κ3) is 3.50. The number of ketones is 1. The highest BCUT2D eigenvalue weighted by atomic mass is 16.5. The van der Waals surface area contributed by atoms with Crippen LogP contribution < -0.4 is 4.74 Å². The standard InChI is InChI=1S/C22H22NO2/c1-15-5-9-19(10-6-15)21-16(2)13-23(22(21)17(3)24)14-18-7-11-20(25-4)12-8-18/h5-13H,3,14H2,1-2,4H3. The van der Waals surface area contributed by atoms with Crippen molar-refractivity contribution in [3.63, 3.8) is 0 Å². The molecule has 127 valence electrons.